The first kappa shape index (κ1) is 17.8. The fraction of sp³-hybridized carbons (Fsp3) is 0.529. The van der Waals surface area contributed by atoms with E-state index in [0.29, 0.717) is 24.4 Å². The maximum Gasteiger partial charge on any atom is 0.318 e. The molecule has 1 fully saturated rings. The second-order valence-electron chi connectivity index (χ2n) is 6.12. The third-order valence-electron chi connectivity index (χ3n) is 4.47. The van der Waals surface area contributed by atoms with Crippen LogP contribution in [-0.2, 0) is 6.42 Å². The lowest BCUT2D eigenvalue weighted by Crippen LogP contribution is -2.33. The van der Waals surface area contributed by atoms with Gasteiger partial charge in [0.15, 0.2) is 0 Å². The Morgan fingerprint density at radius 1 is 1.17 bits per heavy atom. The van der Waals surface area contributed by atoms with E-state index in [0.717, 1.165) is 0 Å². The van der Waals surface area contributed by atoms with Crippen molar-refractivity contribution in [3.05, 3.63) is 41.8 Å². The molecule has 1 aliphatic rings. The molecule has 0 spiro atoms. The summed E-state index contributed by atoms with van der Waals surface area (Å²) in [7, 11) is 2.04. The molecule has 1 heterocycles. The zero-order chi connectivity index (χ0) is 15.4. The Bertz CT molecular complexity index is 583. The first-order chi connectivity index (χ1) is 10.7. The van der Waals surface area contributed by atoms with Crippen molar-refractivity contribution in [1.29, 1.82) is 0 Å². The molecule has 2 aromatic rings. The van der Waals surface area contributed by atoms with Crippen LogP contribution in [0.25, 0.3) is 0 Å². The highest BCUT2D eigenvalue weighted by Gasteiger charge is 2.23. The fourth-order valence-corrected chi connectivity index (χ4v) is 3.10. The molecule has 2 N–H and O–H groups in total. The van der Waals surface area contributed by atoms with Gasteiger partial charge in [-0.1, -0.05) is 54.7 Å². The summed E-state index contributed by atoms with van der Waals surface area (Å²) in [5, 5.41) is 8.33. The first-order valence-electron chi connectivity index (χ1n) is 8.10. The van der Waals surface area contributed by atoms with E-state index in [-0.39, 0.29) is 18.4 Å². The van der Waals surface area contributed by atoms with Crippen LogP contribution in [0.5, 0.6) is 0 Å². The summed E-state index contributed by atoms with van der Waals surface area (Å²) in [4.78, 5) is 2.12. The first-order valence-corrected chi connectivity index (χ1v) is 8.10. The van der Waals surface area contributed by atoms with E-state index < -0.39 is 0 Å². The Morgan fingerprint density at radius 2 is 1.87 bits per heavy atom. The Morgan fingerprint density at radius 3 is 2.57 bits per heavy atom. The summed E-state index contributed by atoms with van der Waals surface area (Å²) in [6, 6.07) is 11.0. The zero-order valence-electron chi connectivity index (χ0n) is 13.5. The van der Waals surface area contributed by atoms with Crippen molar-refractivity contribution < 1.29 is 4.42 Å². The molecule has 1 aromatic heterocycles. The number of anilines is 1. The number of nitrogens with two attached hydrogens (primary N) is 1. The van der Waals surface area contributed by atoms with Crippen molar-refractivity contribution in [1.82, 2.24) is 10.2 Å². The Labute approximate surface area is 143 Å². The normalized spacial score (nSPS) is 16.6. The summed E-state index contributed by atoms with van der Waals surface area (Å²) in [5.74, 6) is 0.515. The van der Waals surface area contributed by atoms with Gasteiger partial charge in [0.05, 0.1) is 6.04 Å². The molecule has 0 saturated heterocycles. The molecule has 0 amide bonds. The minimum Gasteiger partial charge on any atom is -0.406 e. The number of nitrogens with zero attached hydrogens (tertiary/aromatic N) is 3. The predicted molar refractivity (Wildman–Crippen MR) is 93.9 cm³/mol. The smallest absolute Gasteiger partial charge is 0.318 e. The molecule has 5 nitrogen and oxygen atoms in total. The molecule has 0 aliphatic heterocycles. The van der Waals surface area contributed by atoms with E-state index in [4.69, 9.17) is 10.2 Å². The van der Waals surface area contributed by atoms with Crippen molar-refractivity contribution in [3.63, 3.8) is 0 Å². The Hall–Kier alpha value is -1.59. The van der Waals surface area contributed by atoms with Crippen LogP contribution in [0.15, 0.2) is 34.7 Å². The zero-order valence-corrected chi connectivity index (χ0v) is 14.3. The van der Waals surface area contributed by atoms with Gasteiger partial charge in [-0.3, -0.25) is 0 Å². The van der Waals surface area contributed by atoms with Gasteiger partial charge in [-0.25, -0.2) is 0 Å². The molecule has 0 unspecified atom stereocenters. The topological polar surface area (TPSA) is 68.2 Å². The van der Waals surface area contributed by atoms with Gasteiger partial charge in [0, 0.05) is 13.1 Å². The molecule has 23 heavy (non-hydrogen) atoms. The molecular formula is C17H25ClN4O. The summed E-state index contributed by atoms with van der Waals surface area (Å²) in [6.07, 6.45) is 7.00. The second kappa shape index (κ2) is 8.31. The number of rotatable bonds is 5. The molecule has 1 atom stereocenters. The van der Waals surface area contributed by atoms with E-state index in [1.165, 1.54) is 37.7 Å². The summed E-state index contributed by atoms with van der Waals surface area (Å²) in [6.45, 7) is 0. The Kier molecular flexibility index (Phi) is 6.42. The number of hydrogen-bond acceptors (Lipinski definition) is 5. The van der Waals surface area contributed by atoms with E-state index in [9.17, 15) is 0 Å². The van der Waals surface area contributed by atoms with Gasteiger partial charge in [0.2, 0.25) is 5.89 Å². The third-order valence-corrected chi connectivity index (χ3v) is 4.47. The minimum absolute atomic E-state index is 0. The maximum atomic E-state index is 6.20. The number of aromatic nitrogens is 2. The number of hydrogen-bond donors (Lipinski definition) is 1. The molecule has 1 saturated carbocycles. The molecule has 126 valence electrons. The third kappa shape index (κ3) is 4.45. The van der Waals surface area contributed by atoms with Crippen molar-refractivity contribution in [2.75, 3.05) is 11.9 Å². The molecule has 1 aliphatic carbocycles. The number of halogens is 1. The molecule has 0 bridgehead atoms. The van der Waals surface area contributed by atoms with E-state index in [2.05, 4.69) is 27.2 Å². The average molecular weight is 337 g/mol. The SMILES string of the molecule is CN(c1nnc([C@H](N)Cc2ccccc2)o1)C1CCCCC1.Cl. The van der Waals surface area contributed by atoms with Crippen molar-refractivity contribution in [2.24, 2.45) is 5.73 Å². The van der Waals surface area contributed by atoms with Crippen LogP contribution in [0.1, 0.15) is 49.6 Å². The molecule has 1 aromatic carbocycles. The van der Waals surface area contributed by atoms with Crippen LogP contribution < -0.4 is 10.6 Å². The van der Waals surface area contributed by atoms with Gasteiger partial charge < -0.3 is 15.1 Å². The average Bonchev–Trinajstić information content (AvgIpc) is 3.06. The lowest BCUT2D eigenvalue weighted by molar-refractivity contribution is 0.391. The highest BCUT2D eigenvalue weighted by molar-refractivity contribution is 5.85. The van der Waals surface area contributed by atoms with Crippen LogP contribution in [0, 0.1) is 0 Å². The Balaban J connectivity index is 0.00000192. The highest BCUT2D eigenvalue weighted by Crippen LogP contribution is 2.26. The van der Waals surface area contributed by atoms with E-state index in [1.807, 2.05) is 25.2 Å². The van der Waals surface area contributed by atoms with Crippen molar-refractivity contribution >= 4 is 18.4 Å². The van der Waals surface area contributed by atoms with Crippen LogP contribution in [0.2, 0.25) is 0 Å². The van der Waals surface area contributed by atoms with Gasteiger partial charge in [0.25, 0.3) is 0 Å². The lowest BCUT2D eigenvalue weighted by Gasteiger charge is -2.29. The largest absolute Gasteiger partial charge is 0.406 e. The molecule has 0 radical (unpaired) electrons. The van der Waals surface area contributed by atoms with Crippen molar-refractivity contribution in [3.8, 4) is 0 Å². The van der Waals surface area contributed by atoms with Crippen LogP contribution >= 0.6 is 12.4 Å². The summed E-state index contributed by atoms with van der Waals surface area (Å²) >= 11 is 0. The van der Waals surface area contributed by atoms with Crippen molar-refractivity contribution in [2.45, 2.75) is 50.6 Å². The van der Waals surface area contributed by atoms with Crippen LogP contribution in [0.4, 0.5) is 6.01 Å². The highest BCUT2D eigenvalue weighted by atomic mass is 35.5. The fourth-order valence-electron chi connectivity index (χ4n) is 3.10. The van der Waals surface area contributed by atoms with Crippen LogP contribution in [0.3, 0.4) is 0 Å². The lowest BCUT2D eigenvalue weighted by atomic mass is 9.95. The molecular weight excluding hydrogens is 312 g/mol. The summed E-state index contributed by atoms with van der Waals surface area (Å²) in [5.41, 5.74) is 7.38. The summed E-state index contributed by atoms with van der Waals surface area (Å²) < 4.78 is 5.81. The standard InChI is InChI=1S/C17H24N4O.ClH/c1-21(14-10-6-3-7-11-14)17-20-19-16(22-17)15(18)12-13-8-4-2-5-9-13;/h2,4-5,8-9,14-15H,3,6-7,10-12,18H2,1H3;1H/t15-;/m1./s1. The molecule has 6 heteroatoms. The minimum atomic E-state index is -0.261. The quantitative estimate of drug-likeness (QED) is 0.905. The van der Waals surface area contributed by atoms with Crippen LogP contribution in [-0.4, -0.2) is 23.3 Å². The van der Waals surface area contributed by atoms with E-state index >= 15 is 0 Å². The van der Waals surface area contributed by atoms with Gasteiger partial charge in [-0.2, -0.15) is 0 Å². The second-order valence-corrected chi connectivity index (χ2v) is 6.12. The van der Waals surface area contributed by atoms with Gasteiger partial charge in [-0.05, 0) is 24.8 Å². The van der Waals surface area contributed by atoms with E-state index in [1.54, 1.807) is 0 Å². The monoisotopic (exact) mass is 336 g/mol. The maximum absolute atomic E-state index is 6.20. The van der Waals surface area contributed by atoms with Gasteiger partial charge in [0.1, 0.15) is 0 Å². The number of benzene rings is 1. The van der Waals surface area contributed by atoms with Gasteiger partial charge in [-0.15, -0.1) is 17.5 Å². The molecule has 3 rings (SSSR count). The predicted octanol–water partition coefficient (Wildman–Crippen LogP) is 3.50. The van der Waals surface area contributed by atoms with Gasteiger partial charge >= 0.3 is 6.01 Å².